The summed E-state index contributed by atoms with van der Waals surface area (Å²) in [6.45, 7) is 2.77. The molecule has 0 aliphatic carbocycles. The zero-order chi connectivity index (χ0) is 7.73. The molecule has 2 aliphatic heterocycles. The molecule has 4 nitrogen and oxygen atoms in total. The molecular formula is C7H13N3O. The average molecular weight is 155 g/mol. The Kier molecular flexibility index (Phi) is 1.49. The molecule has 0 aromatic heterocycles. The first-order valence-corrected chi connectivity index (χ1v) is 4.08. The van der Waals surface area contributed by atoms with Gasteiger partial charge in [-0.05, 0) is 19.4 Å². The van der Waals surface area contributed by atoms with Gasteiger partial charge in [-0.25, -0.2) is 4.79 Å². The molecule has 62 valence electrons. The zero-order valence-electron chi connectivity index (χ0n) is 6.44. The first-order chi connectivity index (χ1) is 5.31. The van der Waals surface area contributed by atoms with Gasteiger partial charge in [0, 0.05) is 13.1 Å². The van der Waals surface area contributed by atoms with Gasteiger partial charge in [-0.3, -0.25) is 0 Å². The minimum absolute atomic E-state index is 0.0139. The van der Waals surface area contributed by atoms with Crippen molar-refractivity contribution < 1.29 is 4.79 Å². The van der Waals surface area contributed by atoms with Crippen molar-refractivity contribution in [3.8, 4) is 0 Å². The zero-order valence-corrected chi connectivity index (χ0v) is 6.44. The Labute approximate surface area is 65.7 Å². The molecule has 2 amide bonds. The highest BCUT2D eigenvalue weighted by molar-refractivity contribution is 5.75. The van der Waals surface area contributed by atoms with E-state index in [-0.39, 0.29) is 11.6 Å². The molecule has 2 saturated heterocycles. The molecule has 2 rings (SSSR count). The summed E-state index contributed by atoms with van der Waals surface area (Å²) in [7, 11) is 0. The molecule has 0 saturated carbocycles. The van der Waals surface area contributed by atoms with E-state index in [1.807, 2.05) is 0 Å². The predicted molar refractivity (Wildman–Crippen MR) is 41.4 cm³/mol. The normalized spacial score (nSPS) is 36.9. The van der Waals surface area contributed by atoms with Gasteiger partial charge in [-0.15, -0.1) is 0 Å². The van der Waals surface area contributed by atoms with Gasteiger partial charge >= 0.3 is 6.03 Å². The number of nitrogens with one attached hydrogen (secondary N) is 3. The summed E-state index contributed by atoms with van der Waals surface area (Å²) in [5.74, 6) is 0. The highest BCUT2D eigenvalue weighted by Crippen LogP contribution is 2.20. The Morgan fingerprint density at radius 2 is 2.09 bits per heavy atom. The van der Waals surface area contributed by atoms with Crippen molar-refractivity contribution in [3.63, 3.8) is 0 Å². The van der Waals surface area contributed by atoms with E-state index in [4.69, 9.17) is 0 Å². The smallest absolute Gasteiger partial charge is 0.315 e. The van der Waals surface area contributed by atoms with Crippen LogP contribution in [0.25, 0.3) is 0 Å². The molecule has 11 heavy (non-hydrogen) atoms. The van der Waals surface area contributed by atoms with Crippen molar-refractivity contribution in [2.45, 2.75) is 18.4 Å². The van der Waals surface area contributed by atoms with Gasteiger partial charge in [-0.2, -0.15) is 0 Å². The summed E-state index contributed by atoms with van der Waals surface area (Å²) in [4.78, 5) is 11.0. The maximum absolute atomic E-state index is 11.0. The van der Waals surface area contributed by atoms with E-state index in [1.165, 1.54) is 0 Å². The molecule has 2 fully saturated rings. The van der Waals surface area contributed by atoms with Gasteiger partial charge in [0.2, 0.25) is 0 Å². The van der Waals surface area contributed by atoms with Crippen molar-refractivity contribution in [1.29, 1.82) is 0 Å². The van der Waals surface area contributed by atoms with Crippen LogP contribution < -0.4 is 16.0 Å². The molecule has 0 unspecified atom stereocenters. The Morgan fingerprint density at radius 1 is 1.27 bits per heavy atom. The van der Waals surface area contributed by atoms with Crippen LogP contribution in [0, 0.1) is 0 Å². The maximum atomic E-state index is 11.0. The van der Waals surface area contributed by atoms with Crippen molar-refractivity contribution in [1.82, 2.24) is 16.0 Å². The molecular weight excluding hydrogens is 142 g/mol. The highest BCUT2D eigenvalue weighted by Gasteiger charge is 2.37. The van der Waals surface area contributed by atoms with Crippen LogP contribution in [0.2, 0.25) is 0 Å². The van der Waals surface area contributed by atoms with Crippen molar-refractivity contribution >= 4 is 6.03 Å². The lowest BCUT2D eigenvalue weighted by molar-refractivity contribution is 0.211. The van der Waals surface area contributed by atoms with E-state index >= 15 is 0 Å². The van der Waals surface area contributed by atoms with Crippen LogP contribution in [0.3, 0.4) is 0 Å². The minimum atomic E-state index is -0.0139. The van der Waals surface area contributed by atoms with Crippen molar-refractivity contribution in [2.24, 2.45) is 0 Å². The van der Waals surface area contributed by atoms with E-state index in [0.29, 0.717) is 0 Å². The van der Waals surface area contributed by atoms with Gasteiger partial charge in [-0.1, -0.05) is 0 Å². The van der Waals surface area contributed by atoms with Gasteiger partial charge in [0.1, 0.15) is 0 Å². The fourth-order valence-corrected chi connectivity index (χ4v) is 1.83. The molecule has 0 bridgehead atoms. The summed E-state index contributed by atoms with van der Waals surface area (Å²) in [5, 5.41) is 9.00. The lowest BCUT2D eigenvalue weighted by atomic mass is 9.93. The SMILES string of the molecule is O=C1NCC[C@]2(CCNC2)N1. The third-order valence-corrected chi connectivity index (χ3v) is 2.51. The summed E-state index contributed by atoms with van der Waals surface area (Å²) in [6, 6.07) is -0.0139. The molecule has 1 spiro atoms. The van der Waals surface area contributed by atoms with Crippen LogP contribution in [0.1, 0.15) is 12.8 Å². The first-order valence-electron chi connectivity index (χ1n) is 4.08. The highest BCUT2D eigenvalue weighted by atomic mass is 16.2. The topological polar surface area (TPSA) is 53.2 Å². The van der Waals surface area contributed by atoms with Gasteiger partial charge in [0.15, 0.2) is 0 Å². The quantitative estimate of drug-likeness (QED) is 0.438. The fourth-order valence-electron chi connectivity index (χ4n) is 1.83. The van der Waals surface area contributed by atoms with E-state index in [2.05, 4.69) is 16.0 Å². The Bertz CT molecular complexity index is 175. The number of carbonyl (C=O) groups is 1. The number of carbonyl (C=O) groups excluding carboxylic acids is 1. The van der Waals surface area contributed by atoms with E-state index in [1.54, 1.807) is 0 Å². The molecule has 3 N–H and O–H groups in total. The second kappa shape index (κ2) is 2.37. The molecule has 1 atom stereocenters. The molecule has 2 heterocycles. The monoisotopic (exact) mass is 155 g/mol. The number of amides is 2. The van der Waals surface area contributed by atoms with E-state index in [9.17, 15) is 4.79 Å². The van der Waals surface area contributed by atoms with Crippen molar-refractivity contribution in [2.75, 3.05) is 19.6 Å². The van der Waals surface area contributed by atoms with Gasteiger partial charge in [0.05, 0.1) is 5.54 Å². The average Bonchev–Trinajstić information content (AvgIpc) is 2.37. The van der Waals surface area contributed by atoms with Gasteiger partial charge in [0.25, 0.3) is 0 Å². The van der Waals surface area contributed by atoms with Crippen molar-refractivity contribution in [3.05, 3.63) is 0 Å². The van der Waals surface area contributed by atoms with Crippen LogP contribution in [-0.4, -0.2) is 31.2 Å². The van der Waals surface area contributed by atoms with Crippen LogP contribution in [0.15, 0.2) is 0 Å². The number of hydrogen-bond acceptors (Lipinski definition) is 2. The van der Waals surface area contributed by atoms with Gasteiger partial charge < -0.3 is 16.0 Å². The van der Waals surface area contributed by atoms with E-state index in [0.717, 1.165) is 32.5 Å². The molecule has 2 aliphatic rings. The maximum Gasteiger partial charge on any atom is 0.315 e. The minimum Gasteiger partial charge on any atom is -0.338 e. The Balaban J connectivity index is 2.05. The summed E-state index contributed by atoms with van der Waals surface area (Å²) in [5.41, 5.74) is 0.0718. The standard InChI is InChI=1S/C7H13N3O/c11-6-9-4-2-7(10-6)1-3-8-5-7/h8H,1-5H2,(H2,9,10,11)/t7-/m0/s1. The number of urea groups is 1. The lowest BCUT2D eigenvalue weighted by Crippen LogP contribution is -2.59. The number of rotatable bonds is 0. The second-order valence-corrected chi connectivity index (χ2v) is 3.34. The largest absolute Gasteiger partial charge is 0.338 e. The van der Waals surface area contributed by atoms with E-state index < -0.39 is 0 Å². The Morgan fingerprint density at radius 3 is 2.73 bits per heavy atom. The summed E-state index contributed by atoms with van der Waals surface area (Å²) >= 11 is 0. The second-order valence-electron chi connectivity index (χ2n) is 3.34. The molecule has 0 radical (unpaired) electrons. The van der Waals surface area contributed by atoms with Crippen LogP contribution in [0.5, 0.6) is 0 Å². The van der Waals surface area contributed by atoms with Crippen LogP contribution in [0.4, 0.5) is 4.79 Å². The lowest BCUT2D eigenvalue weighted by Gasteiger charge is -2.33. The summed E-state index contributed by atoms with van der Waals surface area (Å²) in [6.07, 6.45) is 2.12. The third kappa shape index (κ3) is 1.18. The van der Waals surface area contributed by atoms with Crippen LogP contribution >= 0.6 is 0 Å². The summed E-state index contributed by atoms with van der Waals surface area (Å²) < 4.78 is 0. The van der Waals surface area contributed by atoms with Crippen LogP contribution in [-0.2, 0) is 0 Å². The fraction of sp³-hybridized carbons (Fsp3) is 0.857. The third-order valence-electron chi connectivity index (χ3n) is 2.51. The molecule has 0 aromatic carbocycles. The molecule has 4 heteroatoms. The number of hydrogen-bond donors (Lipinski definition) is 3. The first kappa shape index (κ1) is 6.91. The Hall–Kier alpha value is -0.770. The predicted octanol–water partition coefficient (Wildman–Crippen LogP) is -0.579. The molecule has 0 aromatic rings.